The maximum Gasteiger partial charge on any atom is 0.0431 e. The Morgan fingerprint density at radius 1 is 0.647 bits per heavy atom. The molecule has 1 N–H and O–H groups in total. The van der Waals surface area contributed by atoms with Gasteiger partial charge in [-0.05, 0) is 32.1 Å². The van der Waals surface area contributed by atoms with Crippen molar-refractivity contribution in [2.24, 2.45) is 0 Å². The van der Waals surface area contributed by atoms with Gasteiger partial charge < -0.3 is 5.11 Å². The molecule has 0 saturated carbocycles. The first-order valence-corrected chi connectivity index (χ1v) is 7.67. The van der Waals surface area contributed by atoms with Gasteiger partial charge in [0, 0.05) is 6.61 Å². The maximum atomic E-state index is 8.63. The third-order valence-electron chi connectivity index (χ3n) is 3.17. The lowest BCUT2D eigenvalue weighted by Gasteiger charge is -1.98. The molecular formula is C16H32O. The smallest absolute Gasteiger partial charge is 0.0431 e. The SMILES string of the molecule is CCCCCCCC=CCCCCCCCO. The maximum absolute atomic E-state index is 8.63. The van der Waals surface area contributed by atoms with Gasteiger partial charge in [0.25, 0.3) is 0 Å². The lowest BCUT2D eigenvalue weighted by Crippen LogP contribution is -1.83. The number of aliphatic hydroxyl groups excluding tert-OH is 1. The number of hydrogen-bond acceptors (Lipinski definition) is 1. The van der Waals surface area contributed by atoms with Crippen molar-refractivity contribution in [3.8, 4) is 0 Å². The predicted molar refractivity (Wildman–Crippen MR) is 77.3 cm³/mol. The molecule has 0 aromatic heterocycles. The quantitative estimate of drug-likeness (QED) is 0.345. The zero-order valence-corrected chi connectivity index (χ0v) is 11.8. The molecule has 102 valence electrons. The van der Waals surface area contributed by atoms with Crippen molar-refractivity contribution in [1.82, 2.24) is 0 Å². The van der Waals surface area contributed by atoms with Gasteiger partial charge >= 0.3 is 0 Å². The Morgan fingerprint density at radius 3 is 1.65 bits per heavy atom. The average Bonchev–Trinajstić information content (AvgIpc) is 2.35. The second-order valence-electron chi connectivity index (χ2n) is 4.95. The van der Waals surface area contributed by atoms with Crippen molar-refractivity contribution in [3.63, 3.8) is 0 Å². The molecule has 0 radical (unpaired) electrons. The van der Waals surface area contributed by atoms with E-state index in [4.69, 9.17) is 5.11 Å². The normalized spacial score (nSPS) is 11.4. The van der Waals surface area contributed by atoms with E-state index in [1.165, 1.54) is 70.6 Å². The molecule has 0 unspecified atom stereocenters. The van der Waals surface area contributed by atoms with E-state index in [0.29, 0.717) is 6.61 Å². The minimum absolute atomic E-state index is 0.359. The van der Waals surface area contributed by atoms with Gasteiger partial charge in [-0.1, -0.05) is 64.0 Å². The lowest BCUT2D eigenvalue weighted by atomic mass is 10.1. The fourth-order valence-corrected chi connectivity index (χ4v) is 2.01. The Balaban J connectivity index is 2.99. The zero-order valence-electron chi connectivity index (χ0n) is 11.8. The Bertz CT molecular complexity index is 152. The molecule has 17 heavy (non-hydrogen) atoms. The molecule has 0 bridgehead atoms. The molecule has 0 atom stereocenters. The summed E-state index contributed by atoms with van der Waals surface area (Å²) >= 11 is 0. The minimum atomic E-state index is 0.359. The average molecular weight is 240 g/mol. The van der Waals surface area contributed by atoms with E-state index in [-0.39, 0.29) is 0 Å². The van der Waals surface area contributed by atoms with E-state index >= 15 is 0 Å². The van der Waals surface area contributed by atoms with Crippen molar-refractivity contribution >= 4 is 0 Å². The van der Waals surface area contributed by atoms with E-state index in [1.54, 1.807) is 0 Å². The number of allylic oxidation sites excluding steroid dienone is 2. The number of hydrogen-bond donors (Lipinski definition) is 1. The van der Waals surface area contributed by atoms with Crippen LogP contribution in [0.1, 0.15) is 84.0 Å². The standard InChI is InChI=1S/C16H32O/c1-2-3-4-5-6-7-8-9-10-11-12-13-14-15-16-17/h8-9,17H,2-7,10-16H2,1H3. The molecule has 0 aromatic rings. The fraction of sp³-hybridized carbons (Fsp3) is 0.875. The van der Waals surface area contributed by atoms with Crippen LogP contribution in [-0.4, -0.2) is 11.7 Å². The van der Waals surface area contributed by atoms with E-state index < -0.39 is 0 Å². The molecule has 0 aliphatic carbocycles. The van der Waals surface area contributed by atoms with E-state index in [2.05, 4.69) is 19.1 Å². The third-order valence-corrected chi connectivity index (χ3v) is 3.17. The Kier molecular flexibility index (Phi) is 15.4. The second-order valence-corrected chi connectivity index (χ2v) is 4.95. The molecular weight excluding hydrogens is 208 g/mol. The molecule has 1 nitrogen and oxygen atoms in total. The van der Waals surface area contributed by atoms with Crippen LogP contribution in [0.15, 0.2) is 12.2 Å². The van der Waals surface area contributed by atoms with Crippen molar-refractivity contribution in [1.29, 1.82) is 0 Å². The highest BCUT2D eigenvalue weighted by Crippen LogP contribution is 2.08. The Morgan fingerprint density at radius 2 is 1.12 bits per heavy atom. The van der Waals surface area contributed by atoms with Crippen LogP contribution in [0.3, 0.4) is 0 Å². The molecule has 0 aromatic carbocycles. The molecule has 0 amide bonds. The Labute approximate surface area is 108 Å². The van der Waals surface area contributed by atoms with Gasteiger partial charge in [-0.25, -0.2) is 0 Å². The summed E-state index contributed by atoms with van der Waals surface area (Å²) in [6.45, 7) is 2.62. The molecule has 1 heteroatoms. The molecule has 0 aliphatic heterocycles. The monoisotopic (exact) mass is 240 g/mol. The number of aliphatic hydroxyl groups is 1. The third kappa shape index (κ3) is 15.7. The topological polar surface area (TPSA) is 20.2 Å². The van der Waals surface area contributed by atoms with Crippen LogP contribution in [0.4, 0.5) is 0 Å². The van der Waals surface area contributed by atoms with Crippen LogP contribution in [0.25, 0.3) is 0 Å². The van der Waals surface area contributed by atoms with Gasteiger partial charge in [-0.15, -0.1) is 0 Å². The Hall–Kier alpha value is -0.300. The first-order valence-electron chi connectivity index (χ1n) is 7.67. The summed E-state index contributed by atoms with van der Waals surface area (Å²) in [7, 11) is 0. The van der Waals surface area contributed by atoms with Crippen LogP contribution < -0.4 is 0 Å². The predicted octanol–water partition coefficient (Wildman–Crippen LogP) is 5.24. The second kappa shape index (κ2) is 15.7. The first kappa shape index (κ1) is 16.7. The molecule has 0 saturated heterocycles. The molecule has 0 rings (SSSR count). The van der Waals surface area contributed by atoms with Gasteiger partial charge in [-0.3, -0.25) is 0 Å². The van der Waals surface area contributed by atoms with Crippen molar-refractivity contribution in [2.45, 2.75) is 84.0 Å². The van der Waals surface area contributed by atoms with Crippen LogP contribution in [-0.2, 0) is 0 Å². The minimum Gasteiger partial charge on any atom is -0.396 e. The summed E-state index contributed by atoms with van der Waals surface area (Å²) in [4.78, 5) is 0. The summed E-state index contributed by atoms with van der Waals surface area (Å²) < 4.78 is 0. The van der Waals surface area contributed by atoms with Gasteiger partial charge in [0.05, 0.1) is 0 Å². The summed E-state index contributed by atoms with van der Waals surface area (Å²) in [6, 6.07) is 0. The summed E-state index contributed by atoms with van der Waals surface area (Å²) in [6.07, 6.45) is 20.2. The zero-order chi connectivity index (χ0) is 12.6. The summed E-state index contributed by atoms with van der Waals surface area (Å²) in [5.74, 6) is 0. The largest absolute Gasteiger partial charge is 0.396 e. The van der Waals surface area contributed by atoms with Gasteiger partial charge in [0.15, 0.2) is 0 Å². The molecule has 0 spiro atoms. The fourth-order valence-electron chi connectivity index (χ4n) is 2.01. The molecule has 0 aliphatic rings. The van der Waals surface area contributed by atoms with Crippen molar-refractivity contribution in [2.75, 3.05) is 6.61 Å². The highest BCUT2D eigenvalue weighted by molar-refractivity contribution is 4.81. The van der Waals surface area contributed by atoms with E-state index in [0.717, 1.165) is 6.42 Å². The number of rotatable bonds is 13. The van der Waals surface area contributed by atoms with Crippen LogP contribution in [0.5, 0.6) is 0 Å². The van der Waals surface area contributed by atoms with Crippen molar-refractivity contribution in [3.05, 3.63) is 12.2 Å². The van der Waals surface area contributed by atoms with Crippen LogP contribution >= 0.6 is 0 Å². The lowest BCUT2D eigenvalue weighted by molar-refractivity contribution is 0.282. The van der Waals surface area contributed by atoms with Gasteiger partial charge in [0.1, 0.15) is 0 Å². The van der Waals surface area contributed by atoms with Gasteiger partial charge in [-0.2, -0.15) is 0 Å². The van der Waals surface area contributed by atoms with Crippen LogP contribution in [0, 0.1) is 0 Å². The van der Waals surface area contributed by atoms with Gasteiger partial charge in [0.2, 0.25) is 0 Å². The first-order chi connectivity index (χ1) is 8.41. The van der Waals surface area contributed by atoms with E-state index in [9.17, 15) is 0 Å². The highest BCUT2D eigenvalue weighted by Gasteiger charge is 1.89. The summed E-state index contributed by atoms with van der Waals surface area (Å²) in [5, 5.41) is 8.63. The number of unbranched alkanes of at least 4 members (excludes halogenated alkanes) is 10. The molecule has 0 heterocycles. The highest BCUT2D eigenvalue weighted by atomic mass is 16.2. The summed E-state index contributed by atoms with van der Waals surface area (Å²) in [5.41, 5.74) is 0. The molecule has 0 fully saturated rings. The van der Waals surface area contributed by atoms with Crippen LogP contribution in [0.2, 0.25) is 0 Å². The van der Waals surface area contributed by atoms with Crippen molar-refractivity contribution < 1.29 is 5.11 Å². The van der Waals surface area contributed by atoms with E-state index in [1.807, 2.05) is 0 Å².